The fraction of sp³-hybridized carbons (Fsp3) is 0.304. The van der Waals surface area contributed by atoms with E-state index in [-0.39, 0.29) is 26.1 Å². The van der Waals surface area contributed by atoms with Crippen molar-refractivity contribution in [2.75, 3.05) is 27.4 Å². The van der Waals surface area contributed by atoms with Gasteiger partial charge in [0.2, 0.25) is 0 Å². The normalized spacial score (nSPS) is 10.6. The van der Waals surface area contributed by atoms with Gasteiger partial charge in [-0.25, -0.2) is 4.79 Å². The average Bonchev–Trinajstić information content (AvgIpc) is 2.76. The van der Waals surface area contributed by atoms with E-state index in [1.807, 2.05) is 13.0 Å². The van der Waals surface area contributed by atoms with Crippen molar-refractivity contribution in [3.63, 3.8) is 0 Å². The van der Waals surface area contributed by atoms with Crippen molar-refractivity contribution in [2.45, 2.75) is 19.8 Å². The van der Waals surface area contributed by atoms with Crippen LogP contribution in [-0.4, -0.2) is 33.4 Å². The second-order valence-electron chi connectivity index (χ2n) is 6.60. The van der Waals surface area contributed by atoms with E-state index in [4.69, 9.17) is 23.4 Å². The van der Waals surface area contributed by atoms with E-state index in [0.717, 1.165) is 16.7 Å². The molecule has 7 nitrogen and oxygen atoms in total. The zero-order valence-corrected chi connectivity index (χ0v) is 17.2. The number of esters is 1. The number of rotatable bonds is 9. The smallest absolute Gasteiger partial charge is 0.339 e. The third-order valence-electron chi connectivity index (χ3n) is 4.75. The predicted molar refractivity (Wildman–Crippen MR) is 112 cm³/mol. The maximum Gasteiger partial charge on any atom is 0.339 e. The molecule has 0 unspecified atom stereocenters. The van der Waals surface area contributed by atoms with Crippen LogP contribution in [0.5, 0.6) is 17.2 Å². The summed E-state index contributed by atoms with van der Waals surface area (Å²) in [6.07, 6.45) is 0.324. The Balaban J connectivity index is 1.51. The minimum atomic E-state index is -0.455. The van der Waals surface area contributed by atoms with Gasteiger partial charge in [-0.3, -0.25) is 4.79 Å². The van der Waals surface area contributed by atoms with Crippen molar-refractivity contribution in [1.29, 1.82) is 0 Å². The molecule has 0 aliphatic carbocycles. The first-order valence-electron chi connectivity index (χ1n) is 9.54. The van der Waals surface area contributed by atoms with Gasteiger partial charge in [-0.05, 0) is 55.3 Å². The van der Waals surface area contributed by atoms with E-state index < -0.39 is 11.6 Å². The van der Waals surface area contributed by atoms with Crippen molar-refractivity contribution in [1.82, 2.24) is 0 Å². The number of carbonyl (C=O) groups excluding carboxylic acids is 1. The Morgan fingerprint density at radius 2 is 1.60 bits per heavy atom. The highest BCUT2D eigenvalue weighted by Gasteiger charge is 2.14. The molecule has 2 aromatic carbocycles. The molecule has 7 heteroatoms. The highest BCUT2D eigenvalue weighted by Crippen LogP contribution is 2.24. The molecule has 30 heavy (non-hydrogen) atoms. The lowest BCUT2D eigenvalue weighted by molar-refractivity contribution is -0.144. The fourth-order valence-corrected chi connectivity index (χ4v) is 3.08. The minimum Gasteiger partial charge on any atom is -0.497 e. The molecule has 158 valence electrons. The lowest BCUT2D eigenvalue weighted by Gasteiger charge is -2.10. The van der Waals surface area contributed by atoms with Gasteiger partial charge >= 0.3 is 11.6 Å². The summed E-state index contributed by atoms with van der Waals surface area (Å²) in [7, 11) is 3.14. The molecule has 0 bridgehead atoms. The first kappa shape index (κ1) is 21.2. The molecule has 0 N–H and O–H groups in total. The van der Waals surface area contributed by atoms with Gasteiger partial charge in [-0.2, -0.15) is 0 Å². The molecule has 0 aliphatic heterocycles. The van der Waals surface area contributed by atoms with E-state index in [1.165, 1.54) is 0 Å². The summed E-state index contributed by atoms with van der Waals surface area (Å²) in [6.45, 7) is 2.20. The molecule has 1 heterocycles. The van der Waals surface area contributed by atoms with Gasteiger partial charge in [0.05, 0.1) is 14.2 Å². The van der Waals surface area contributed by atoms with Crippen LogP contribution in [0.25, 0.3) is 11.0 Å². The molecule has 1 aromatic heterocycles. The van der Waals surface area contributed by atoms with E-state index >= 15 is 0 Å². The largest absolute Gasteiger partial charge is 0.497 e. The number of aryl methyl sites for hydroxylation is 1. The minimum absolute atomic E-state index is 0.0792. The second kappa shape index (κ2) is 9.82. The Bertz CT molecular complexity index is 1070. The summed E-state index contributed by atoms with van der Waals surface area (Å²) in [5, 5.41) is 0.812. The number of carbonyl (C=O) groups is 1. The van der Waals surface area contributed by atoms with Crippen LogP contribution in [0.1, 0.15) is 17.5 Å². The topological polar surface area (TPSA) is 84.2 Å². The molecule has 0 atom stereocenters. The first-order chi connectivity index (χ1) is 14.5. The summed E-state index contributed by atoms with van der Waals surface area (Å²) in [5.74, 6) is 1.61. The van der Waals surface area contributed by atoms with E-state index in [9.17, 15) is 9.59 Å². The third kappa shape index (κ3) is 5.11. The quantitative estimate of drug-likeness (QED) is 0.301. The van der Waals surface area contributed by atoms with Crippen molar-refractivity contribution in [3.05, 3.63) is 64.0 Å². The van der Waals surface area contributed by atoms with E-state index in [2.05, 4.69) is 0 Å². The maximum absolute atomic E-state index is 12.3. The van der Waals surface area contributed by atoms with Gasteiger partial charge in [0.1, 0.15) is 36.0 Å². The maximum atomic E-state index is 12.3. The van der Waals surface area contributed by atoms with Crippen LogP contribution < -0.4 is 19.8 Å². The Morgan fingerprint density at radius 1 is 0.933 bits per heavy atom. The van der Waals surface area contributed by atoms with Gasteiger partial charge < -0.3 is 23.4 Å². The lowest BCUT2D eigenvalue weighted by atomic mass is 10.0. The third-order valence-corrected chi connectivity index (χ3v) is 4.75. The zero-order valence-electron chi connectivity index (χ0n) is 17.2. The first-order valence-corrected chi connectivity index (χ1v) is 9.54. The van der Waals surface area contributed by atoms with Crippen molar-refractivity contribution in [3.8, 4) is 17.2 Å². The molecule has 0 saturated carbocycles. The van der Waals surface area contributed by atoms with Crippen molar-refractivity contribution in [2.24, 2.45) is 0 Å². The van der Waals surface area contributed by atoms with E-state index in [0.29, 0.717) is 22.6 Å². The van der Waals surface area contributed by atoms with Crippen LogP contribution in [0, 0.1) is 6.92 Å². The number of hydrogen-bond acceptors (Lipinski definition) is 7. The van der Waals surface area contributed by atoms with Gasteiger partial charge in [0.25, 0.3) is 0 Å². The van der Waals surface area contributed by atoms with Crippen LogP contribution in [-0.2, 0) is 16.0 Å². The summed E-state index contributed by atoms with van der Waals surface area (Å²) < 4.78 is 26.3. The van der Waals surface area contributed by atoms with Crippen LogP contribution in [0.3, 0.4) is 0 Å². The molecular formula is C23H24O7. The zero-order chi connectivity index (χ0) is 21.5. The summed E-state index contributed by atoms with van der Waals surface area (Å²) >= 11 is 0. The molecule has 0 radical (unpaired) electrons. The second-order valence-corrected chi connectivity index (χ2v) is 6.60. The molecule has 3 aromatic rings. The van der Waals surface area contributed by atoms with Crippen LogP contribution in [0.2, 0.25) is 0 Å². The highest BCUT2D eigenvalue weighted by atomic mass is 16.6. The Kier molecular flexibility index (Phi) is 6.95. The molecule has 0 amide bonds. The number of benzene rings is 2. The highest BCUT2D eigenvalue weighted by molar-refractivity contribution is 5.82. The summed E-state index contributed by atoms with van der Waals surface area (Å²) in [5.41, 5.74) is 1.27. The molecular weight excluding hydrogens is 388 g/mol. The number of fused-ring (bicyclic) bond motifs is 1. The number of methoxy groups -OCH3 is 2. The number of ether oxygens (including phenoxy) is 4. The Hall–Kier alpha value is -3.48. The Labute approximate surface area is 174 Å². The number of hydrogen-bond donors (Lipinski definition) is 0. The van der Waals surface area contributed by atoms with E-state index in [1.54, 1.807) is 50.6 Å². The Morgan fingerprint density at radius 3 is 2.30 bits per heavy atom. The van der Waals surface area contributed by atoms with Crippen LogP contribution in [0.4, 0.5) is 0 Å². The molecule has 0 aliphatic rings. The monoisotopic (exact) mass is 412 g/mol. The van der Waals surface area contributed by atoms with Crippen LogP contribution >= 0.6 is 0 Å². The molecule has 0 saturated heterocycles. The molecule has 3 rings (SSSR count). The van der Waals surface area contributed by atoms with Gasteiger partial charge in [0.15, 0.2) is 0 Å². The summed E-state index contributed by atoms with van der Waals surface area (Å²) in [6, 6.07) is 12.4. The fourth-order valence-electron chi connectivity index (χ4n) is 3.08. The lowest BCUT2D eigenvalue weighted by Crippen LogP contribution is -2.16. The SMILES string of the molecule is COc1ccc(OCCOC(=O)CCc2c(C)c3ccc(OC)cc3oc2=O)cc1. The molecule has 0 fully saturated rings. The standard InChI is InChI=1S/C23H24O7/c1-15-19-9-8-18(27-3)14-21(19)30-23(25)20(15)10-11-22(24)29-13-12-28-17-6-4-16(26-2)5-7-17/h4-9,14H,10-13H2,1-3H3. The summed E-state index contributed by atoms with van der Waals surface area (Å²) in [4.78, 5) is 24.4. The van der Waals surface area contributed by atoms with Gasteiger partial charge in [-0.15, -0.1) is 0 Å². The van der Waals surface area contributed by atoms with Gasteiger partial charge in [0, 0.05) is 23.4 Å². The van der Waals surface area contributed by atoms with Crippen LogP contribution in [0.15, 0.2) is 51.7 Å². The molecule has 0 spiro atoms. The van der Waals surface area contributed by atoms with Crippen molar-refractivity contribution >= 4 is 16.9 Å². The van der Waals surface area contributed by atoms with Crippen molar-refractivity contribution < 1.29 is 28.2 Å². The average molecular weight is 412 g/mol. The predicted octanol–water partition coefficient (Wildman–Crippen LogP) is 3.67. The van der Waals surface area contributed by atoms with Gasteiger partial charge in [-0.1, -0.05) is 0 Å².